The average molecular weight is 329 g/mol. The van der Waals surface area contributed by atoms with Gasteiger partial charge in [0, 0.05) is 12.6 Å². The molecule has 1 atom stereocenters. The Hall–Kier alpha value is -1.27. The van der Waals surface area contributed by atoms with E-state index in [1.807, 2.05) is 0 Å². The van der Waals surface area contributed by atoms with E-state index in [4.69, 9.17) is 9.47 Å². The van der Waals surface area contributed by atoms with Gasteiger partial charge in [-0.25, -0.2) is 13.1 Å². The van der Waals surface area contributed by atoms with Gasteiger partial charge >= 0.3 is 0 Å². The molecule has 0 amide bonds. The highest BCUT2D eigenvalue weighted by atomic mass is 32.2. The number of unbranched alkanes of at least 4 members (excludes halogenated alkanes) is 1. The van der Waals surface area contributed by atoms with Crippen molar-refractivity contribution in [1.29, 1.82) is 0 Å². The lowest BCUT2D eigenvalue weighted by Crippen LogP contribution is -2.29. The van der Waals surface area contributed by atoms with Crippen LogP contribution in [0.5, 0.6) is 11.5 Å². The minimum Gasteiger partial charge on any atom is -0.497 e. The number of benzene rings is 1. The number of rotatable bonds is 10. The van der Waals surface area contributed by atoms with Crippen molar-refractivity contribution in [1.82, 2.24) is 4.72 Å². The average Bonchev–Trinajstić information content (AvgIpc) is 2.54. The third kappa shape index (κ3) is 5.18. The van der Waals surface area contributed by atoms with Crippen LogP contribution in [0, 0.1) is 5.92 Å². The van der Waals surface area contributed by atoms with E-state index < -0.39 is 10.0 Å². The summed E-state index contributed by atoms with van der Waals surface area (Å²) >= 11 is 0. The maximum atomic E-state index is 12.5. The van der Waals surface area contributed by atoms with Crippen LogP contribution in [0.4, 0.5) is 0 Å². The number of nitrogens with one attached hydrogen (secondary N) is 1. The zero-order valence-electron chi connectivity index (χ0n) is 13.9. The van der Waals surface area contributed by atoms with Crippen molar-refractivity contribution in [2.75, 3.05) is 20.8 Å². The Labute approximate surface area is 134 Å². The minimum atomic E-state index is -3.62. The summed E-state index contributed by atoms with van der Waals surface area (Å²) in [6.45, 7) is 4.66. The van der Waals surface area contributed by atoms with Gasteiger partial charge in [0.2, 0.25) is 10.0 Å². The van der Waals surface area contributed by atoms with Gasteiger partial charge in [0.05, 0.1) is 14.2 Å². The molecule has 1 aromatic rings. The summed E-state index contributed by atoms with van der Waals surface area (Å²) in [7, 11) is -0.662. The van der Waals surface area contributed by atoms with E-state index in [1.54, 1.807) is 12.1 Å². The van der Waals surface area contributed by atoms with E-state index in [9.17, 15) is 8.42 Å². The maximum absolute atomic E-state index is 12.5. The molecular formula is C16H27NO4S. The molecule has 0 aliphatic carbocycles. The highest BCUT2D eigenvalue weighted by Gasteiger charge is 2.21. The lowest BCUT2D eigenvalue weighted by Gasteiger charge is -2.17. The normalized spacial score (nSPS) is 12.9. The lowest BCUT2D eigenvalue weighted by atomic mass is 10.00. The molecule has 0 radical (unpaired) electrons. The van der Waals surface area contributed by atoms with Gasteiger partial charge in [-0.15, -0.1) is 0 Å². The Kier molecular flexibility index (Phi) is 7.68. The Morgan fingerprint density at radius 2 is 1.91 bits per heavy atom. The molecule has 1 unspecified atom stereocenters. The molecule has 1 N–H and O–H groups in total. The Morgan fingerprint density at radius 1 is 1.18 bits per heavy atom. The molecule has 0 fully saturated rings. The van der Waals surface area contributed by atoms with Crippen LogP contribution in [0.25, 0.3) is 0 Å². The van der Waals surface area contributed by atoms with Gasteiger partial charge in [-0.1, -0.05) is 33.1 Å². The van der Waals surface area contributed by atoms with Gasteiger partial charge in [-0.2, -0.15) is 0 Å². The van der Waals surface area contributed by atoms with Crippen molar-refractivity contribution in [2.24, 2.45) is 5.92 Å². The lowest BCUT2D eigenvalue weighted by molar-refractivity contribution is 0.391. The highest BCUT2D eigenvalue weighted by molar-refractivity contribution is 7.89. The van der Waals surface area contributed by atoms with Crippen molar-refractivity contribution < 1.29 is 17.9 Å². The molecule has 0 heterocycles. The van der Waals surface area contributed by atoms with Crippen LogP contribution >= 0.6 is 0 Å². The molecule has 0 aliphatic rings. The van der Waals surface area contributed by atoms with Crippen molar-refractivity contribution in [3.8, 4) is 11.5 Å². The quantitative estimate of drug-likeness (QED) is 0.716. The van der Waals surface area contributed by atoms with Crippen LogP contribution in [0.1, 0.15) is 39.5 Å². The van der Waals surface area contributed by atoms with Crippen molar-refractivity contribution in [3.05, 3.63) is 18.2 Å². The number of hydrogen-bond acceptors (Lipinski definition) is 4. The predicted octanol–water partition coefficient (Wildman–Crippen LogP) is 3.20. The summed E-state index contributed by atoms with van der Waals surface area (Å²) in [5, 5.41) is 0. The molecule has 0 aliphatic heterocycles. The van der Waals surface area contributed by atoms with Crippen molar-refractivity contribution >= 4 is 10.0 Å². The fourth-order valence-electron chi connectivity index (χ4n) is 2.24. The molecule has 1 rings (SSSR count). The molecule has 0 saturated heterocycles. The Balaban J connectivity index is 2.89. The van der Waals surface area contributed by atoms with E-state index in [0.717, 1.165) is 25.7 Å². The highest BCUT2D eigenvalue weighted by Crippen LogP contribution is 2.28. The second-order valence-corrected chi connectivity index (χ2v) is 7.02. The molecule has 0 saturated carbocycles. The van der Waals surface area contributed by atoms with E-state index in [1.165, 1.54) is 20.3 Å². The van der Waals surface area contributed by atoms with Gasteiger partial charge in [0.1, 0.15) is 16.4 Å². The predicted molar refractivity (Wildman–Crippen MR) is 88.0 cm³/mol. The molecule has 0 bridgehead atoms. The zero-order chi connectivity index (χ0) is 16.6. The van der Waals surface area contributed by atoms with E-state index in [0.29, 0.717) is 24.0 Å². The summed E-state index contributed by atoms with van der Waals surface area (Å²) in [5.74, 6) is 1.15. The number of hydrogen-bond donors (Lipinski definition) is 1. The fourth-order valence-corrected chi connectivity index (χ4v) is 3.54. The topological polar surface area (TPSA) is 64.6 Å². The third-order valence-electron chi connectivity index (χ3n) is 3.77. The molecule has 22 heavy (non-hydrogen) atoms. The van der Waals surface area contributed by atoms with Crippen molar-refractivity contribution in [2.45, 2.75) is 44.4 Å². The standard InChI is InChI=1S/C16H27NO4S/c1-5-7-8-13(6-2)12-17-22(18,19)16-11-14(20-3)9-10-15(16)21-4/h9-11,13,17H,5-8,12H2,1-4H3. The summed E-state index contributed by atoms with van der Waals surface area (Å²) in [6, 6.07) is 4.75. The Morgan fingerprint density at radius 3 is 2.45 bits per heavy atom. The molecule has 6 heteroatoms. The van der Waals surface area contributed by atoms with Gasteiger partial charge < -0.3 is 9.47 Å². The summed E-state index contributed by atoms with van der Waals surface area (Å²) < 4.78 is 38.0. The number of sulfonamides is 1. The number of ether oxygens (including phenoxy) is 2. The smallest absolute Gasteiger partial charge is 0.244 e. The summed E-state index contributed by atoms with van der Waals surface area (Å²) in [5.41, 5.74) is 0. The first-order valence-corrected chi connectivity index (χ1v) is 9.18. The molecule has 5 nitrogen and oxygen atoms in total. The van der Waals surface area contributed by atoms with Gasteiger partial charge in [0.25, 0.3) is 0 Å². The summed E-state index contributed by atoms with van der Waals surface area (Å²) in [4.78, 5) is 0.111. The largest absolute Gasteiger partial charge is 0.497 e. The van der Waals surface area contributed by atoms with E-state index in [2.05, 4.69) is 18.6 Å². The van der Waals surface area contributed by atoms with Crippen LogP contribution < -0.4 is 14.2 Å². The van der Waals surface area contributed by atoms with Crippen LogP contribution in [0.3, 0.4) is 0 Å². The molecule has 126 valence electrons. The first kappa shape index (κ1) is 18.8. The van der Waals surface area contributed by atoms with E-state index >= 15 is 0 Å². The zero-order valence-corrected chi connectivity index (χ0v) is 14.7. The SMILES string of the molecule is CCCCC(CC)CNS(=O)(=O)c1cc(OC)ccc1OC. The minimum absolute atomic E-state index is 0.111. The van der Waals surface area contributed by atoms with Gasteiger partial charge in [-0.05, 0) is 24.5 Å². The molecular weight excluding hydrogens is 302 g/mol. The molecule has 0 aromatic heterocycles. The summed E-state index contributed by atoms with van der Waals surface area (Å²) in [6.07, 6.45) is 4.22. The third-order valence-corrected chi connectivity index (χ3v) is 5.21. The number of methoxy groups -OCH3 is 2. The first-order chi connectivity index (χ1) is 10.5. The van der Waals surface area contributed by atoms with Gasteiger partial charge in [-0.3, -0.25) is 0 Å². The second kappa shape index (κ2) is 9.00. The maximum Gasteiger partial charge on any atom is 0.244 e. The van der Waals surface area contributed by atoms with Crippen LogP contribution in [-0.2, 0) is 10.0 Å². The molecule has 1 aromatic carbocycles. The van der Waals surface area contributed by atoms with Crippen LogP contribution in [0.2, 0.25) is 0 Å². The van der Waals surface area contributed by atoms with Gasteiger partial charge in [0.15, 0.2) is 0 Å². The first-order valence-electron chi connectivity index (χ1n) is 7.70. The van der Waals surface area contributed by atoms with E-state index in [-0.39, 0.29) is 4.90 Å². The second-order valence-electron chi connectivity index (χ2n) is 5.29. The monoisotopic (exact) mass is 329 g/mol. The van der Waals surface area contributed by atoms with Crippen LogP contribution in [-0.4, -0.2) is 29.2 Å². The van der Waals surface area contributed by atoms with Crippen LogP contribution in [0.15, 0.2) is 23.1 Å². The molecule has 0 spiro atoms. The Bertz CT molecular complexity index is 557. The fraction of sp³-hybridized carbons (Fsp3) is 0.625. The van der Waals surface area contributed by atoms with Crippen molar-refractivity contribution in [3.63, 3.8) is 0 Å².